The molecule has 5 nitrogen and oxygen atoms in total. The summed E-state index contributed by atoms with van der Waals surface area (Å²) in [6.45, 7) is 0. The van der Waals surface area contributed by atoms with E-state index in [0.29, 0.717) is 12.2 Å². The van der Waals surface area contributed by atoms with Crippen molar-refractivity contribution in [1.29, 1.82) is 0 Å². The molecule has 1 aliphatic heterocycles. The molecule has 0 radical (unpaired) electrons. The van der Waals surface area contributed by atoms with E-state index in [1.165, 1.54) is 31.6 Å². The second-order valence-corrected chi connectivity index (χ2v) is 5.45. The highest BCUT2D eigenvalue weighted by Gasteiger charge is 2.19. The molecule has 1 heterocycles. The van der Waals surface area contributed by atoms with Crippen LogP contribution in [0.4, 0.5) is 0 Å². The minimum absolute atomic E-state index is 0.163. The maximum atomic E-state index is 12.2. The van der Waals surface area contributed by atoms with Crippen LogP contribution in [0, 0.1) is 0 Å². The van der Waals surface area contributed by atoms with Gasteiger partial charge in [-0.15, -0.1) is 0 Å². The Balaban J connectivity index is 1.60. The summed E-state index contributed by atoms with van der Waals surface area (Å²) >= 11 is 0. The molecule has 1 atom stereocenters. The van der Waals surface area contributed by atoms with Crippen LogP contribution in [-0.4, -0.2) is 24.3 Å². The van der Waals surface area contributed by atoms with Crippen LogP contribution in [0.5, 0.6) is 11.5 Å². The van der Waals surface area contributed by atoms with Crippen LogP contribution in [0.25, 0.3) is 0 Å². The molecule has 5 heteroatoms. The van der Waals surface area contributed by atoms with Crippen LogP contribution >= 0.6 is 0 Å². The Morgan fingerprint density at radius 2 is 2.00 bits per heavy atom. The summed E-state index contributed by atoms with van der Waals surface area (Å²) in [7, 11) is 1.43. The standard InChI is InChI=1S/C20H18O5/c1-23-18-9-5-8-16(20(18)22)17(21)11-10-15-13-24-19(25-15)12-14-6-3-2-4-7-14/h2-11,13,19,22H,12H2,1H3. The molecule has 3 rings (SSSR count). The summed E-state index contributed by atoms with van der Waals surface area (Å²) in [4.78, 5) is 12.2. The lowest BCUT2D eigenvalue weighted by molar-refractivity contribution is -0.0269. The number of phenols is 1. The van der Waals surface area contributed by atoms with Crippen molar-refractivity contribution in [3.63, 3.8) is 0 Å². The SMILES string of the molecule is COc1cccc(C(=O)C=CC2=COC(Cc3ccccc3)O2)c1O. The molecule has 0 fully saturated rings. The van der Waals surface area contributed by atoms with Crippen LogP contribution in [0.2, 0.25) is 0 Å². The molecule has 1 unspecified atom stereocenters. The second-order valence-electron chi connectivity index (χ2n) is 5.45. The van der Waals surface area contributed by atoms with Crippen molar-refractivity contribution < 1.29 is 24.1 Å². The number of rotatable bonds is 6. The van der Waals surface area contributed by atoms with Crippen LogP contribution in [0.1, 0.15) is 15.9 Å². The maximum Gasteiger partial charge on any atom is 0.244 e. The maximum absolute atomic E-state index is 12.2. The van der Waals surface area contributed by atoms with Crippen molar-refractivity contribution in [2.45, 2.75) is 12.7 Å². The first-order chi connectivity index (χ1) is 12.2. The van der Waals surface area contributed by atoms with Gasteiger partial charge in [-0.2, -0.15) is 0 Å². The van der Waals surface area contributed by atoms with E-state index in [4.69, 9.17) is 14.2 Å². The molecule has 25 heavy (non-hydrogen) atoms. The molecule has 0 bridgehead atoms. The first kappa shape index (κ1) is 16.6. The fourth-order valence-corrected chi connectivity index (χ4v) is 2.46. The zero-order chi connectivity index (χ0) is 17.6. The second kappa shape index (κ2) is 7.57. The third-order valence-corrected chi connectivity index (χ3v) is 3.73. The molecular formula is C20H18O5. The zero-order valence-corrected chi connectivity index (χ0v) is 13.7. The Hall–Kier alpha value is -3.21. The summed E-state index contributed by atoms with van der Waals surface area (Å²) in [5.74, 6) is 0.171. The Labute approximate surface area is 145 Å². The lowest BCUT2D eigenvalue weighted by Gasteiger charge is -2.10. The molecule has 1 aliphatic rings. The zero-order valence-electron chi connectivity index (χ0n) is 13.7. The number of phenolic OH excluding ortho intramolecular Hbond substituents is 1. The minimum Gasteiger partial charge on any atom is -0.504 e. The number of ether oxygens (including phenoxy) is 3. The van der Waals surface area contributed by atoms with Gasteiger partial charge < -0.3 is 19.3 Å². The highest BCUT2D eigenvalue weighted by Crippen LogP contribution is 2.30. The number of ketones is 1. The van der Waals surface area contributed by atoms with Gasteiger partial charge in [0.05, 0.1) is 12.7 Å². The number of methoxy groups -OCH3 is 1. The van der Waals surface area contributed by atoms with Crippen molar-refractivity contribution in [2.24, 2.45) is 0 Å². The Kier molecular flexibility index (Phi) is 5.04. The highest BCUT2D eigenvalue weighted by atomic mass is 16.7. The molecule has 0 saturated carbocycles. The smallest absolute Gasteiger partial charge is 0.244 e. The predicted octanol–water partition coefficient (Wildman–Crippen LogP) is 3.60. The van der Waals surface area contributed by atoms with Gasteiger partial charge in [0, 0.05) is 6.42 Å². The number of carbonyl (C=O) groups is 1. The van der Waals surface area contributed by atoms with E-state index in [0.717, 1.165) is 5.56 Å². The van der Waals surface area contributed by atoms with Crippen molar-refractivity contribution >= 4 is 5.78 Å². The average Bonchev–Trinajstić information content (AvgIpc) is 3.08. The van der Waals surface area contributed by atoms with Crippen molar-refractivity contribution in [1.82, 2.24) is 0 Å². The molecule has 128 valence electrons. The summed E-state index contributed by atoms with van der Waals surface area (Å²) in [5.41, 5.74) is 1.26. The van der Waals surface area contributed by atoms with Gasteiger partial charge in [0.2, 0.25) is 6.29 Å². The Bertz CT molecular complexity index is 808. The average molecular weight is 338 g/mol. The molecular weight excluding hydrogens is 320 g/mol. The third-order valence-electron chi connectivity index (χ3n) is 3.73. The first-order valence-electron chi connectivity index (χ1n) is 7.82. The van der Waals surface area contributed by atoms with Crippen LogP contribution in [0.15, 0.2) is 72.7 Å². The topological polar surface area (TPSA) is 65.0 Å². The number of benzene rings is 2. The summed E-state index contributed by atoms with van der Waals surface area (Å²) in [5, 5.41) is 10.0. The first-order valence-corrected chi connectivity index (χ1v) is 7.82. The quantitative estimate of drug-likeness (QED) is 0.644. The van der Waals surface area contributed by atoms with Gasteiger partial charge in [0.1, 0.15) is 6.26 Å². The highest BCUT2D eigenvalue weighted by molar-refractivity contribution is 6.07. The fraction of sp³-hybridized carbons (Fsp3) is 0.150. The van der Waals surface area contributed by atoms with Crippen LogP contribution in [-0.2, 0) is 15.9 Å². The molecule has 1 N–H and O–H groups in total. The van der Waals surface area contributed by atoms with E-state index in [1.54, 1.807) is 12.1 Å². The van der Waals surface area contributed by atoms with Gasteiger partial charge in [0.15, 0.2) is 23.0 Å². The number of para-hydroxylation sites is 1. The molecule has 0 aromatic heterocycles. The fourth-order valence-electron chi connectivity index (χ4n) is 2.46. The van der Waals surface area contributed by atoms with Crippen molar-refractivity contribution in [3.05, 3.63) is 83.8 Å². The lowest BCUT2D eigenvalue weighted by Crippen LogP contribution is -2.11. The van der Waals surface area contributed by atoms with Gasteiger partial charge in [-0.25, -0.2) is 0 Å². The number of aromatic hydroxyl groups is 1. The number of hydrogen-bond acceptors (Lipinski definition) is 5. The minimum atomic E-state index is -0.414. The van der Waals surface area contributed by atoms with E-state index in [1.807, 2.05) is 30.3 Å². The molecule has 0 aliphatic carbocycles. The Morgan fingerprint density at radius 3 is 2.76 bits per heavy atom. The largest absolute Gasteiger partial charge is 0.504 e. The number of allylic oxidation sites excluding steroid dienone is 2. The van der Waals surface area contributed by atoms with Crippen molar-refractivity contribution in [3.8, 4) is 11.5 Å². The van der Waals surface area contributed by atoms with Gasteiger partial charge in [-0.1, -0.05) is 36.4 Å². The number of carbonyl (C=O) groups excluding carboxylic acids is 1. The third kappa shape index (κ3) is 4.01. The van der Waals surface area contributed by atoms with Crippen LogP contribution < -0.4 is 4.74 Å². The van der Waals surface area contributed by atoms with Gasteiger partial charge in [-0.05, 0) is 29.8 Å². The van der Waals surface area contributed by atoms with E-state index < -0.39 is 6.29 Å². The van der Waals surface area contributed by atoms with E-state index in [9.17, 15) is 9.90 Å². The van der Waals surface area contributed by atoms with Crippen LogP contribution in [0.3, 0.4) is 0 Å². The normalized spacial score (nSPS) is 16.2. The van der Waals surface area contributed by atoms with Gasteiger partial charge >= 0.3 is 0 Å². The number of hydrogen-bond donors (Lipinski definition) is 1. The molecule has 2 aromatic rings. The molecule has 0 spiro atoms. The summed E-state index contributed by atoms with van der Waals surface area (Å²) in [6.07, 6.45) is 4.52. The van der Waals surface area contributed by atoms with E-state index in [2.05, 4.69) is 0 Å². The van der Waals surface area contributed by atoms with Crippen molar-refractivity contribution in [2.75, 3.05) is 7.11 Å². The molecule has 2 aromatic carbocycles. The Morgan fingerprint density at radius 1 is 1.20 bits per heavy atom. The van der Waals surface area contributed by atoms with Gasteiger partial charge in [0.25, 0.3) is 0 Å². The predicted molar refractivity (Wildman–Crippen MR) is 92.3 cm³/mol. The summed E-state index contributed by atoms with van der Waals surface area (Å²) < 4.78 is 16.1. The monoisotopic (exact) mass is 338 g/mol. The summed E-state index contributed by atoms with van der Waals surface area (Å²) in [6, 6.07) is 14.6. The molecule has 0 amide bonds. The molecule has 0 saturated heterocycles. The van der Waals surface area contributed by atoms with E-state index >= 15 is 0 Å². The lowest BCUT2D eigenvalue weighted by atomic mass is 10.1. The van der Waals surface area contributed by atoms with E-state index in [-0.39, 0.29) is 22.8 Å². The van der Waals surface area contributed by atoms with Gasteiger partial charge in [-0.3, -0.25) is 4.79 Å².